The molecule has 4 nitrogen and oxygen atoms in total. The number of urea groups is 1. The topological polar surface area (TPSA) is 61.4 Å². The zero-order valence-corrected chi connectivity index (χ0v) is 9.96. The van der Waals surface area contributed by atoms with Gasteiger partial charge < -0.3 is 15.7 Å². The van der Waals surface area contributed by atoms with E-state index in [0.717, 1.165) is 0 Å². The van der Waals surface area contributed by atoms with Crippen molar-refractivity contribution in [1.82, 2.24) is 5.32 Å². The van der Waals surface area contributed by atoms with Crippen molar-refractivity contribution < 1.29 is 14.3 Å². The van der Waals surface area contributed by atoms with E-state index in [0.29, 0.717) is 12.1 Å². The van der Waals surface area contributed by atoms with Crippen molar-refractivity contribution in [3.05, 3.63) is 30.1 Å². The normalized spacial score (nSPS) is 11.1. The minimum Gasteiger partial charge on any atom is -0.396 e. The molecular weight excluding hydrogens is 223 g/mol. The zero-order valence-electron chi connectivity index (χ0n) is 9.96. The molecule has 0 radical (unpaired) electrons. The summed E-state index contributed by atoms with van der Waals surface area (Å²) in [6.07, 6.45) is 0.448. The van der Waals surface area contributed by atoms with Crippen LogP contribution in [0.3, 0.4) is 0 Å². The molecule has 0 saturated carbocycles. The van der Waals surface area contributed by atoms with Crippen LogP contribution >= 0.6 is 0 Å². The maximum atomic E-state index is 12.9. The Kier molecular flexibility index (Phi) is 4.45. The van der Waals surface area contributed by atoms with Gasteiger partial charge in [-0.2, -0.15) is 0 Å². The van der Waals surface area contributed by atoms with Crippen molar-refractivity contribution in [2.45, 2.75) is 25.8 Å². The first-order chi connectivity index (χ1) is 7.93. The molecule has 0 spiro atoms. The Morgan fingerprint density at radius 2 is 2.18 bits per heavy atom. The fourth-order valence-electron chi connectivity index (χ4n) is 1.38. The number of benzene rings is 1. The number of nitrogens with one attached hydrogen (secondary N) is 2. The molecule has 3 N–H and O–H groups in total. The van der Waals surface area contributed by atoms with Crippen LogP contribution in [0.1, 0.15) is 20.3 Å². The lowest BCUT2D eigenvalue weighted by molar-refractivity contribution is 0.218. The van der Waals surface area contributed by atoms with Gasteiger partial charge >= 0.3 is 6.03 Å². The van der Waals surface area contributed by atoms with E-state index in [1.165, 1.54) is 18.2 Å². The second kappa shape index (κ2) is 5.63. The molecule has 0 aliphatic carbocycles. The number of rotatable bonds is 4. The molecule has 0 aliphatic heterocycles. The fourth-order valence-corrected chi connectivity index (χ4v) is 1.38. The van der Waals surface area contributed by atoms with Crippen LogP contribution in [0.25, 0.3) is 0 Å². The van der Waals surface area contributed by atoms with Crippen LogP contribution in [0.5, 0.6) is 0 Å². The van der Waals surface area contributed by atoms with E-state index in [4.69, 9.17) is 5.11 Å². The largest absolute Gasteiger partial charge is 0.396 e. The van der Waals surface area contributed by atoms with Gasteiger partial charge in [-0.25, -0.2) is 9.18 Å². The molecule has 0 fully saturated rings. The van der Waals surface area contributed by atoms with Crippen molar-refractivity contribution in [3.8, 4) is 0 Å². The number of halogens is 1. The Labute approximate surface area is 99.8 Å². The SMILES string of the molecule is CC(C)(CCO)NC(=O)Nc1cccc(F)c1. The second-order valence-electron chi connectivity index (χ2n) is 4.45. The number of aliphatic hydroxyl groups excluding tert-OH is 1. The van der Waals surface area contributed by atoms with Gasteiger partial charge in [0.1, 0.15) is 5.82 Å². The molecule has 5 heteroatoms. The maximum Gasteiger partial charge on any atom is 0.319 e. The smallest absolute Gasteiger partial charge is 0.319 e. The van der Waals surface area contributed by atoms with E-state index in [9.17, 15) is 9.18 Å². The van der Waals surface area contributed by atoms with Gasteiger partial charge in [0.05, 0.1) is 0 Å². The number of hydrogen-bond acceptors (Lipinski definition) is 2. The molecule has 2 amide bonds. The fraction of sp³-hybridized carbons (Fsp3) is 0.417. The lowest BCUT2D eigenvalue weighted by atomic mass is 10.0. The average Bonchev–Trinajstić information content (AvgIpc) is 2.15. The molecule has 0 saturated heterocycles. The number of carbonyl (C=O) groups is 1. The Hall–Kier alpha value is -1.62. The first kappa shape index (κ1) is 13.4. The third-order valence-corrected chi connectivity index (χ3v) is 2.27. The molecule has 1 aromatic rings. The van der Waals surface area contributed by atoms with Gasteiger partial charge in [0, 0.05) is 17.8 Å². The lowest BCUT2D eigenvalue weighted by Gasteiger charge is -2.25. The Bertz CT molecular complexity index is 394. The van der Waals surface area contributed by atoms with E-state index in [-0.39, 0.29) is 6.61 Å². The highest BCUT2D eigenvalue weighted by Crippen LogP contribution is 2.11. The Morgan fingerprint density at radius 3 is 2.76 bits per heavy atom. The minimum absolute atomic E-state index is 0.00670. The molecule has 0 aliphatic rings. The molecule has 0 aromatic heterocycles. The number of amides is 2. The van der Waals surface area contributed by atoms with Crippen LogP contribution in [-0.4, -0.2) is 23.3 Å². The minimum atomic E-state index is -0.508. The predicted octanol–water partition coefficient (Wildman–Crippen LogP) is 2.11. The van der Waals surface area contributed by atoms with Gasteiger partial charge in [-0.3, -0.25) is 0 Å². The summed E-state index contributed by atoms with van der Waals surface area (Å²) in [6, 6.07) is 5.23. The third kappa shape index (κ3) is 4.82. The standard InChI is InChI=1S/C12H17FN2O2/c1-12(2,6-7-16)15-11(17)14-10-5-3-4-9(13)8-10/h3-5,8,16H,6-7H2,1-2H3,(H2,14,15,17). The second-order valence-corrected chi connectivity index (χ2v) is 4.45. The summed E-state index contributed by atoms with van der Waals surface area (Å²) >= 11 is 0. The van der Waals surface area contributed by atoms with Gasteiger partial charge in [0.2, 0.25) is 0 Å². The molecule has 0 atom stereocenters. The summed E-state index contributed by atoms with van der Waals surface area (Å²) in [6.45, 7) is 3.59. The highest BCUT2D eigenvalue weighted by molar-refractivity contribution is 5.89. The highest BCUT2D eigenvalue weighted by Gasteiger charge is 2.19. The van der Waals surface area contributed by atoms with Crippen LogP contribution in [0, 0.1) is 5.82 Å². The highest BCUT2D eigenvalue weighted by atomic mass is 19.1. The lowest BCUT2D eigenvalue weighted by Crippen LogP contribution is -2.46. The number of carbonyl (C=O) groups excluding carboxylic acids is 1. The zero-order chi connectivity index (χ0) is 12.9. The number of hydrogen-bond donors (Lipinski definition) is 3. The molecule has 17 heavy (non-hydrogen) atoms. The maximum absolute atomic E-state index is 12.9. The molecule has 1 rings (SSSR count). The molecule has 0 bridgehead atoms. The van der Waals surface area contributed by atoms with Gasteiger partial charge in [-0.1, -0.05) is 6.07 Å². The number of aliphatic hydroxyl groups is 1. The third-order valence-electron chi connectivity index (χ3n) is 2.27. The first-order valence-electron chi connectivity index (χ1n) is 5.38. The van der Waals surface area contributed by atoms with E-state index >= 15 is 0 Å². The van der Waals surface area contributed by atoms with E-state index in [1.54, 1.807) is 19.9 Å². The summed E-state index contributed by atoms with van der Waals surface area (Å²) in [7, 11) is 0. The summed E-state index contributed by atoms with van der Waals surface area (Å²) in [5.74, 6) is -0.405. The molecule has 94 valence electrons. The molecule has 0 unspecified atom stereocenters. The quantitative estimate of drug-likeness (QED) is 0.754. The van der Waals surface area contributed by atoms with Gasteiger partial charge in [-0.15, -0.1) is 0 Å². The van der Waals surface area contributed by atoms with Crippen LogP contribution in [0.4, 0.5) is 14.9 Å². The van der Waals surface area contributed by atoms with Gasteiger partial charge in [0.15, 0.2) is 0 Å². The summed E-state index contributed by atoms with van der Waals surface area (Å²) in [4.78, 5) is 11.6. The van der Waals surface area contributed by atoms with Gasteiger partial charge in [0.25, 0.3) is 0 Å². The van der Waals surface area contributed by atoms with Crippen LogP contribution in [0.2, 0.25) is 0 Å². The molecule has 1 aromatic carbocycles. The summed E-state index contributed by atoms with van der Waals surface area (Å²) < 4.78 is 12.9. The Balaban J connectivity index is 2.55. The van der Waals surface area contributed by atoms with Crippen LogP contribution in [0.15, 0.2) is 24.3 Å². The van der Waals surface area contributed by atoms with Crippen molar-refractivity contribution in [2.24, 2.45) is 0 Å². The first-order valence-corrected chi connectivity index (χ1v) is 5.38. The molecule has 0 heterocycles. The van der Waals surface area contributed by atoms with Crippen molar-refractivity contribution in [3.63, 3.8) is 0 Å². The van der Waals surface area contributed by atoms with Crippen molar-refractivity contribution in [1.29, 1.82) is 0 Å². The average molecular weight is 240 g/mol. The van der Waals surface area contributed by atoms with Crippen molar-refractivity contribution >= 4 is 11.7 Å². The summed E-state index contributed by atoms with van der Waals surface area (Å²) in [5, 5.41) is 14.0. The van der Waals surface area contributed by atoms with E-state index < -0.39 is 17.4 Å². The van der Waals surface area contributed by atoms with E-state index in [1.807, 2.05) is 0 Å². The number of anilines is 1. The monoisotopic (exact) mass is 240 g/mol. The summed E-state index contributed by atoms with van der Waals surface area (Å²) in [5.41, 5.74) is -0.117. The van der Waals surface area contributed by atoms with Crippen LogP contribution < -0.4 is 10.6 Å². The van der Waals surface area contributed by atoms with E-state index in [2.05, 4.69) is 10.6 Å². The predicted molar refractivity (Wildman–Crippen MR) is 64.3 cm³/mol. The van der Waals surface area contributed by atoms with Crippen molar-refractivity contribution in [2.75, 3.05) is 11.9 Å². The van der Waals surface area contributed by atoms with Crippen LogP contribution in [-0.2, 0) is 0 Å². The van der Waals surface area contributed by atoms with Gasteiger partial charge in [-0.05, 0) is 38.5 Å². The molecular formula is C12H17FN2O2. The Morgan fingerprint density at radius 1 is 1.47 bits per heavy atom.